The fraction of sp³-hybridized carbons (Fsp3) is 0.310. The number of amides is 1. The minimum absolute atomic E-state index is 0.300. The summed E-state index contributed by atoms with van der Waals surface area (Å²) in [5.41, 5.74) is 1.18. The summed E-state index contributed by atoms with van der Waals surface area (Å²) in [7, 11) is 1.58. The molecule has 5 rings (SSSR count). The fourth-order valence-corrected chi connectivity index (χ4v) is 4.94. The van der Waals surface area contributed by atoms with Gasteiger partial charge in [-0.3, -0.25) is 4.79 Å². The quantitative estimate of drug-likeness (QED) is 0.234. The topological polar surface area (TPSA) is 125 Å². The molecule has 2 aromatic carbocycles. The molecule has 0 atom stereocenters. The van der Waals surface area contributed by atoms with Gasteiger partial charge in [-0.15, -0.1) is 0 Å². The van der Waals surface area contributed by atoms with E-state index in [-0.39, 0.29) is 6.09 Å². The van der Waals surface area contributed by atoms with E-state index in [4.69, 9.17) is 32.7 Å². The maximum Gasteiger partial charge on any atom is 0.410 e. The number of nitrogens with zero attached hydrogens (tertiary/aromatic N) is 4. The van der Waals surface area contributed by atoms with Crippen LogP contribution in [0.2, 0.25) is 10.0 Å². The number of carbonyl (C=O) groups excluding carboxylic acids is 1. The summed E-state index contributed by atoms with van der Waals surface area (Å²) in [5.74, 6) is 1.28. The first-order valence-electron chi connectivity index (χ1n) is 13.3. The van der Waals surface area contributed by atoms with E-state index >= 15 is 0 Å². The predicted octanol–water partition coefficient (Wildman–Crippen LogP) is 6.18. The molecular formula is C29H31Cl2N7O4. The van der Waals surface area contributed by atoms with Crippen LogP contribution in [0.5, 0.6) is 5.75 Å². The van der Waals surface area contributed by atoms with Crippen LogP contribution in [0, 0.1) is 0 Å². The van der Waals surface area contributed by atoms with Crippen LogP contribution in [-0.2, 0) is 4.74 Å². The van der Waals surface area contributed by atoms with Gasteiger partial charge in [-0.2, -0.15) is 5.10 Å². The van der Waals surface area contributed by atoms with Crippen LogP contribution < -0.4 is 25.8 Å². The summed E-state index contributed by atoms with van der Waals surface area (Å²) < 4.78 is 11.2. The van der Waals surface area contributed by atoms with Crippen molar-refractivity contribution in [3.8, 4) is 5.75 Å². The number of piperazine rings is 1. The van der Waals surface area contributed by atoms with E-state index in [0.717, 1.165) is 5.69 Å². The van der Waals surface area contributed by atoms with Crippen molar-refractivity contribution < 1.29 is 14.3 Å². The number of hydrogen-bond acceptors (Lipinski definition) is 9. The molecule has 0 spiro atoms. The lowest BCUT2D eigenvalue weighted by Crippen LogP contribution is -2.50. The van der Waals surface area contributed by atoms with E-state index in [0.29, 0.717) is 75.8 Å². The van der Waals surface area contributed by atoms with Crippen molar-refractivity contribution in [2.24, 2.45) is 0 Å². The average molecular weight is 613 g/mol. The number of H-pyrrole nitrogens is 1. The van der Waals surface area contributed by atoms with Gasteiger partial charge in [-0.25, -0.2) is 14.9 Å². The molecule has 1 aliphatic rings. The second kappa shape index (κ2) is 11.9. The van der Waals surface area contributed by atoms with Crippen LogP contribution in [-0.4, -0.2) is 65.1 Å². The second-order valence-corrected chi connectivity index (χ2v) is 11.5. The number of anilines is 5. The molecule has 0 radical (unpaired) electrons. The van der Waals surface area contributed by atoms with Crippen LogP contribution in [0.1, 0.15) is 20.8 Å². The monoisotopic (exact) mass is 611 g/mol. The fourth-order valence-electron chi connectivity index (χ4n) is 4.60. The van der Waals surface area contributed by atoms with E-state index < -0.39 is 11.2 Å². The first-order chi connectivity index (χ1) is 20.0. The number of fused-ring (bicyclic) bond motifs is 1. The van der Waals surface area contributed by atoms with Gasteiger partial charge in [0.1, 0.15) is 23.0 Å². The molecule has 42 heavy (non-hydrogen) atoms. The number of rotatable bonds is 6. The molecule has 4 aromatic rings. The molecule has 2 aromatic heterocycles. The van der Waals surface area contributed by atoms with Gasteiger partial charge < -0.3 is 29.9 Å². The Labute approximate surface area is 252 Å². The van der Waals surface area contributed by atoms with Crippen LogP contribution in [0.4, 0.5) is 33.5 Å². The Hall–Kier alpha value is -4.22. The number of aromatic nitrogens is 3. The first-order valence-corrected chi connectivity index (χ1v) is 14.1. The highest BCUT2D eigenvalue weighted by Crippen LogP contribution is 2.36. The number of carbonyl (C=O) groups is 1. The lowest BCUT2D eigenvalue weighted by Gasteiger charge is -2.37. The van der Waals surface area contributed by atoms with Gasteiger partial charge in [0.25, 0.3) is 5.56 Å². The van der Waals surface area contributed by atoms with E-state index in [1.165, 1.54) is 0 Å². The van der Waals surface area contributed by atoms with Crippen molar-refractivity contribution in [3.63, 3.8) is 0 Å². The molecule has 0 unspecified atom stereocenters. The molecular weight excluding hydrogens is 581 g/mol. The van der Waals surface area contributed by atoms with Crippen molar-refractivity contribution >= 4 is 68.8 Å². The number of hydrogen-bond donors (Lipinski definition) is 3. The number of ether oxygens (including phenoxy) is 2. The number of methoxy groups -OCH3 is 1. The van der Waals surface area contributed by atoms with Gasteiger partial charge in [0.15, 0.2) is 0 Å². The summed E-state index contributed by atoms with van der Waals surface area (Å²) in [6.45, 7) is 7.94. The normalized spacial score (nSPS) is 13.7. The molecule has 0 bridgehead atoms. The number of halogens is 2. The van der Waals surface area contributed by atoms with Crippen LogP contribution in [0.3, 0.4) is 0 Å². The zero-order valence-electron chi connectivity index (χ0n) is 23.6. The predicted molar refractivity (Wildman–Crippen MR) is 166 cm³/mol. The van der Waals surface area contributed by atoms with Crippen molar-refractivity contribution in [2.45, 2.75) is 26.4 Å². The first kappa shape index (κ1) is 29.3. The molecule has 1 fully saturated rings. The smallest absolute Gasteiger partial charge is 0.410 e. The van der Waals surface area contributed by atoms with Crippen molar-refractivity contribution in [3.05, 3.63) is 69.1 Å². The van der Waals surface area contributed by atoms with Crippen LogP contribution >= 0.6 is 23.2 Å². The molecule has 1 aliphatic heterocycles. The lowest BCUT2D eigenvalue weighted by molar-refractivity contribution is 0.0240. The average Bonchev–Trinajstić information content (AvgIpc) is 2.95. The molecule has 0 saturated carbocycles. The van der Waals surface area contributed by atoms with Gasteiger partial charge >= 0.3 is 6.09 Å². The molecule has 1 saturated heterocycles. The Morgan fingerprint density at radius 1 is 1.02 bits per heavy atom. The largest absolute Gasteiger partial charge is 0.494 e. The highest BCUT2D eigenvalue weighted by atomic mass is 35.5. The lowest BCUT2D eigenvalue weighted by atomic mass is 10.2. The van der Waals surface area contributed by atoms with Gasteiger partial charge in [0.05, 0.1) is 40.1 Å². The third-order valence-corrected chi connectivity index (χ3v) is 7.41. The Balaban J connectivity index is 1.40. The van der Waals surface area contributed by atoms with Crippen LogP contribution in [0.25, 0.3) is 10.8 Å². The Morgan fingerprint density at radius 3 is 2.50 bits per heavy atom. The van der Waals surface area contributed by atoms with Crippen molar-refractivity contribution in [1.82, 2.24) is 20.1 Å². The van der Waals surface area contributed by atoms with Gasteiger partial charge in [-0.05, 0) is 51.1 Å². The summed E-state index contributed by atoms with van der Waals surface area (Å²) in [6.07, 6.45) is 1.24. The molecule has 13 heteroatoms. The number of benzene rings is 2. The maximum absolute atomic E-state index is 12.8. The highest BCUT2D eigenvalue weighted by Gasteiger charge is 2.26. The van der Waals surface area contributed by atoms with Gasteiger partial charge in [0.2, 0.25) is 0 Å². The zero-order valence-corrected chi connectivity index (χ0v) is 25.1. The van der Waals surface area contributed by atoms with Gasteiger partial charge in [-0.1, -0.05) is 29.3 Å². The minimum Gasteiger partial charge on any atom is -0.494 e. The minimum atomic E-state index is -0.538. The summed E-state index contributed by atoms with van der Waals surface area (Å²) in [4.78, 5) is 33.8. The summed E-state index contributed by atoms with van der Waals surface area (Å²) in [6, 6.07) is 12.7. The highest BCUT2D eigenvalue weighted by molar-refractivity contribution is 6.43. The van der Waals surface area contributed by atoms with Gasteiger partial charge in [0, 0.05) is 43.3 Å². The number of aromatic amines is 1. The molecule has 11 nitrogen and oxygen atoms in total. The van der Waals surface area contributed by atoms with E-state index in [9.17, 15) is 9.59 Å². The second-order valence-electron chi connectivity index (χ2n) is 10.7. The van der Waals surface area contributed by atoms with E-state index in [1.54, 1.807) is 42.5 Å². The van der Waals surface area contributed by atoms with Crippen molar-refractivity contribution in [1.29, 1.82) is 0 Å². The SMILES string of the molecule is COc1cc(N2CCN(C(=O)OC(C)(C)C)CC2)ccc1Nc1nc(Nc2cccc(Cl)c2Cl)cc2cn[nH]c(=O)c12. The summed E-state index contributed by atoms with van der Waals surface area (Å²) >= 11 is 12.6. The van der Waals surface area contributed by atoms with E-state index in [2.05, 4.69) is 30.7 Å². The number of nitrogens with one attached hydrogen (secondary N) is 3. The Kier molecular flexibility index (Phi) is 8.33. The van der Waals surface area contributed by atoms with Crippen molar-refractivity contribution in [2.75, 3.05) is 48.8 Å². The third-order valence-electron chi connectivity index (χ3n) is 6.60. The molecule has 220 valence electrons. The zero-order chi connectivity index (χ0) is 30.0. The summed E-state index contributed by atoms with van der Waals surface area (Å²) in [5, 5.41) is 14.5. The van der Waals surface area contributed by atoms with Crippen LogP contribution in [0.15, 0.2) is 53.5 Å². The molecule has 3 N–H and O–H groups in total. The third kappa shape index (κ3) is 6.47. The standard InChI is InChI=1S/C29H31Cl2N7O4/c1-29(2,3)42-28(40)38-12-10-37(11-13-38)18-8-9-20(22(15-18)41-4)34-26-24-17(16-32-36-27(24)39)14-23(35-26)33-21-7-5-6-19(30)25(21)31/h5-9,14-16H,10-13H2,1-4H3,(H,36,39)(H2,33,34,35). The number of pyridine rings is 1. The molecule has 0 aliphatic carbocycles. The Bertz CT molecular complexity index is 1680. The molecule has 3 heterocycles. The maximum atomic E-state index is 12.8. The molecule has 1 amide bonds. The Morgan fingerprint density at radius 2 is 1.79 bits per heavy atom. The van der Waals surface area contributed by atoms with E-state index in [1.807, 2.05) is 39.0 Å².